The highest BCUT2D eigenvalue weighted by molar-refractivity contribution is 5.17. The lowest BCUT2D eigenvalue weighted by molar-refractivity contribution is 0.226. The molecule has 0 unspecified atom stereocenters. The van der Waals surface area contributed by atoms with Gasteiger partial charge in [0.2, 0.25) is 0 Å². The summed E-state index contributed by atoms with van der Waals surface area (Å²) in [5, 5.41) is 13.2. The maximum atomic E-state index is 4.68. The second kappa shape index (κ2) is 8.23. The Bertz CT molecular complexity index is 612. The van der Waals surface area contributed by atoms with Crippen LogP contribution in [0.3, 0.4) is 0 Å². The summed E-state index contributed by atoms with van der Waals surface area (Å²) in [6.07, 6.45) is 10.9. The van der Waals surface area contributed by atoms with E-state index in [4.69, 9.17) is 0 Å². The fourth-order valence-corrected chi connectivity index (χ4v) is 5.43. The third kappa shape index (κ3) is 4.41. The Balaban J connectivity index is 1.69. The maximum Gasteiger partial charge on any atom is 0.0859 e. The lowest BCUT2D eigenvalue weighted by Gasteiger charge is -2.31. The van der Waals surface area contributed by atoms with Crippen LogP contribution in [0.1, 0.15) is 97.9 Å². The summed E-state index contributed by atoms with van der Waals surface area (Å²) in [6, 6.07) is 0. The van der Waals surface area contributed by atoms with Crippen LogP contribution in [-0.4, -0.2) is 27.1 Å². The first kappa shape index (κ1) is 20.8. The van der Waals surface area contributed by atoms with Crippen molar-refractivity contribution in [2.75, 3.05) is 6.54 Å². The van der Waals surface area contributed by atoms with Crippen molar-refractivity contribution >= 4 is 0 Å². The van der Waals surface area contributed by atoms with Crippen LogP contribution in [0.2, 0.25) is 0 Å². The van der Waals surface area contributed by atoms with Gasteiger partial charge in [0.05, 0.1) is 16.9 Å². The highest BCUT2D eigenvalue weighted by atomic mass is 15.5. The molecule has 3 atom stereocenters. The van der Waals surface area contributed by atoms with Crippen LogP contribution in [0.5, 0.6) is 0 Å². The Labute approximate surface area is 166 Å². The van der Waals surface area contributed by atoms with Crippen LogP contribution in [0.15, 0.2) is 0 Å². The largest absolute Gasteiger partial charge is 0.312 e. The standard InChI is InChI=1S/C23H42N4/c1-7-14-23(6,15-8-2)27-21-13-11-18-17(10-12-20(21)25-26-27)19(18)16-24-22(4,5)9-3/h17-19,24H,7-16H2,1-6H3/t17-,18+,19-/m0/s1. The molecule has 1 fully saturated rings. The van der Waals surface area contributed by atoms with E-state index in [0.717, 1.165) is 24.2 Å². The SMILES string of the molecule is CCCC(C)(CCC)n1nnc2c1CC[C@@H]1[C@H](CC2)[C@@H]1CNC(C)(C)CC. The van der Waals surface area contributed by atoms with Gasteiger partial charge in [-0.25, -0.2) is 4.68 Å². The fraction of sp³-hybridized carbons (Fsp3) is 0.913. The molecule has 0 aliphatic heterocycles. The van der Waals surface area contributed by atoms with E-state index < -0.39 is 0 Å². The monoisotopic (exact) mass is 374 g/mol. The highest BCUT2D eigenvalue weighted by Gasteiger charge is 2.49. The second-order valence-electron chi connectivity index (χ2n) is 10.1. The minimum atomic E-state index is 0.137. The van der Waals surface area contributed by atoms with E-state index in [2.05, 4.69) is 61.9 Å². The Morgan fingerprint density at radius 2 is 1.63 bits per heavy atom. The van der Waals surface area contributed by atoms with Crippen LogP contribution in [-0.2, 0) is 18.4 Å². The third-order valence-electron chi connectivity index (χ3n) is 7.57. The number of aryl methyl sites for hydroxylation is 1. The molecule has 0 spiro atoms. The maximum absolute atomic E-state index is 4.68. The smallest absolute Gasteiger partial charge is 0.0859 e. The van der Waals surface area contributed by atoms with Gasteiger partial charge in [-0.2, -0.15) is 0 Å². The molecule has 0 saturated heterocycles. The molecule has 0 amide bonds. The zero-order chi connectivity index (χ0) is 19.7. The molecule has 1 N–H and O–H groups in total. The Hall–Kier alpha value is -0.900. The van der Waals surface area contributed by atoms with Crippen molar-refractivity contribution < 1.29 is 0 Å². The molecular formula is C23H42N4. The average molecular weight is 375 g/mol. The average Bonchev–Trinajstić information content (AvgIpc) is 3.10. The predicted molar refractivity (Wildman–Crippen MR) is 113 cm³/mol. The van der Waals surface area contributed by atoms with E-state index in [1.54, 1.807) is 0 Å². The second-order valence-corrected chi connectivity index (χ2v) is 10.1. The van der Waals surface area contributed by atoms with Crippen molar-refractivity contribution in [2.45, 2.75) is 110 Å². The van der Waals surface area contributed by atoms with Crippen molar-refractivity contribution in [1.82, 2.24) is 20.3 Å². The molecule has 0 aromatic carbocycles. The topological polar surface area (TPSA) is 42.7 Å². The molecule has 4 heteroatoms. The van der Waals surface area contributed by atoms with Crippen LogP contribution in [0, 0.1) is 17.8 Å². The number of nitrogens with one attached hydrogen (secondary N) is 1. The van der Waals surface area contributed by atoms with Crippen LogP contribution < -0.4 is 5.32 Å². The van der Waals surface area contributed by atoms with E-state index in [-0.39, 0.29) is 11.1 Å². The van der Waals surface area contributed by atoms with Gasteiger partial charge in [0.1, 0.15) is 0 Å². The molecule has 0 bridgehead atoms. The van der Waals surface area contributed by atoms with Gasteiger partial charge in [0.15, 0.2) is 0 Å². The molecule has 1 aromatic heterocycles. The highest BCUT2D eigenvalue weighted by Crippen LogP contribution is 2.52. The summed E-state index contributed by atoms with van der Waals surface area (Å²) in [6.45, 7) is 15.1. The normalized spacial score (nSPS) is 25.5. The van der Waals surface area contributed by atoms with E-state index in [1.807, 2.05) is 0 Å². The van der Waals surface area contributed by atoms with Gasteiger partial charge >= 0.3 is 0 Å². The summed E-state index contributed by atoms with van der Waals surface area (Å²) >= 11 is 0. The van der Waals surface area contributed by atoms with Crippen molar-refractivity contribution in [3.63, 3.8) is 0 Å². The molecular weight excluding hydrogens is 332 g/mol. The quantitative estimate of drug-likeness (QED) is 0.653. The van der Waals surface area contributed by atoms with Crippen molar-refractivity contribution in [1.29, 1.82) is 0 Å². The predicted octanol–water partition coefficient (Wildman–Crippen LogP) is 5.11. The van der Waals surface area contributed by atoms with Gasteiger partial charge in [0, 0.05) is 5.54 Å². The molecule has 0 radical (unpaired) electrons. The van der Waals surface area contributed by atoms with Gasteiger partial charge < -0.3 is 5.32 Å². The number of hydrogen-bond acceptors (Lipinski definition) is 3. The van der Waals surface area contributed by atoms with Gasteiger partial charge in [-0.15, -0.1) is 5.10 Å². The molecule has 1 heterocycles. The van der Waals surface area contributed by atoms with Crippen LogP contribution in [0.25, 0.3) is 0 Å². The minimum Gasteiger partial charge on any atom is -0.312 e. The van der Waals surface area contributed by atoms with Crippen LogP contribution in [0.4, 0.5) is 0 Å². The first-order chi connectivity index (χ1) is 12.8. The molecule has 1 aromatic rings. The molecule has 2 aliphatic rings. The van der Waals surface area contributed by atoms with E-state index in [0.29, 0.717) is 0 Å². The van der Waals surface area contributed by atoms with Gasteiger partial charge in [-0.1, -0.05) is 38.8 Å². The minimum absolute atomic E-state index is 0.137. The number of fused-ring (bicyclic) bond motifs is 2. The Morgan fingerprint density at radius 1 is 1.00 bits per heavy atom. The molecule has 27 heavy (non-hydrogen) atoms. The number of hydrogen-bond donors (Lipinski definition) is 1. The lowest BCUT2D eigenvalue weighted by Crippen LogP contribution is -2.40. The van der Waals surface area contributed by atoms with Crippen molar-refractivity contribution in [2.24, 2.45) is 17.8 Å². The summed E-state index contributed by atoms with van der Waals surface area (Å²) in [7, 11) is 0. The summed E-state index contributed by atoms with van der Waals surface area (Å²) in [4.78, 5) is 0. The lowest BCUT2D eigenvalue weighted by atomic mass is 9.90. The number of nitrogens with zero attached hydrogens (tertiary/aromatic N) is 3. The van der Waals surface area contributed by atoms with E-state index in [9.17, 15) is 0 Å². The third-order valence-corrected chi connectivity index (χ3v) is 7.57. The van der Waals surface area contributed by atoms with Gasteiger partial charge in [-0.3, -0.25) is 0 Å². The fourth-order valence-electron chi connectivity index (χ4n) is 5.43. The zero-order valence-corrected chi connectivity index (χ0v) is 18.6. The van der Waals surface area contributed by atoms with Crippen molar-refractivity contribution in [3.8, 4) is 0 Å². The molecule has 154 valence electrons. The number of rotatable bonds is 9. The Morgan fingerprint density at radius 3 is 2.22 bits per heavy atom. The first-order valence-corrected chi connectivity index (χ1v) is 11.5. The summed E-state index contributed by atoms with van der Waals surface area (Å²) < 4.78 is 2.34. The molecule has 3 rings (SSSR count). The first-order valence-electron chi connectivity index (χ1n) is 11.5. The van der Waals surface area contributed by atoms with E-state index in [1.165, 1.54) is 69.3 Å². The van der Waals surface area contributed by atoms with E-state index >= 15 is 0 Å². The Kier molecular flexibility index (Phi) is 6.34. The molecule has 4 nitrogen and oxygen atoms in total. The van der Waals surface area contributed by atoms with Gasteiger partial charge in [-0.05, 0) is 90.0 Å². The van der Waals surface area contributed by atoms with Gasteiger partial charge in [0.25, 0.3) is 0 Å². The van der Waals surface area contributed by atoms with Crippen molar-refractivity contribution in [3.05, 3.63) is 11.4 Å². The summed E-state index contributed by atoms with van der Waals surface area (Å²) in [5.74, 6) is 2.69. The zero-order valence-electron chi connectivity index (χ0n) is 18.6. The van der Waals surface area contributed by atoms with Crippen LogP contribution >= 0.6 is 0 Å². The molecule has 1 saturated carbocycles. The number of aromatic nitrogens is 3. The molecule has 2 aliphatic carbocycles. The summed E-state index contributed by atoms with van der Waals surface area (Å²) in [5.41, 5.74) is 3.15.